The van der Waals surface area contributed by atoms with Crippen LogP contribution in [0.2, 0.25) is 0 Å². The van der Waals surface area contributed by atoms with Gasteiger partial charge in [-0.05, 0) is 67.3 Å². The zero-order valence-corrected chi connectivity index (χ0v) is 18.4. The van der Waals surface area contributed by atoms with Gasteiger partial charge in [0.15, 0.2) is 9.84 Å². The van der Waals surface area contributed by atoms with Gasteiger partial charge in [-0.1, -0.05) is 19.1 Å². The topological polar surface area (TPSA) is 73.0 Å². The predicted octanol–water partition coefficient (Wildman–Crippen LogP) is 5.74. The van der Waals surface area contributed by atoms with Crippen LogP contribution in [0, 0.1) is 20.8 Å². The molecule has 0 amide bonds. The number of alkyl halides is 3. The predicted molar refractivity (Wildman–Crippen MR) is 116 cm³/mol. The van der Waals surface area contributed by atoms with E-state index in [1.54, 1.807) is 19.2 Å². The van der Waals surface area contributed by atoms with Crippen molar-refractivity contribution in [2.24, 2.45) is 0 Å². The number of nitrogen functional groups attached to an aromatic ring is 1. The van der Waals surface area contributed by atoms with Crippen molar-refractivity contribution in [3.8, 4) is 22.3 Å². The molecule has 0 fully saturated rings. The normalized spacial score (nSPS) is 12.2. The molecular weight excluding hydrogens is 425 g/mol. The second-order valence-corrected chi connectivity index (χ2v) is 9.74. The molecule has 8 heteroatoms. The van der Waals surface area contributed by atoms with Crippen LogP contribution in [0.5, 0.6) is 0 Å². The Hall–Kier alpha value is -2.87. The Morgan fingerprint density at radius 3 is 2.32 bits per heavy atom. The number of anilines is 1. The number of sulfone groups is 1. The zero-order chi connectivity index (χ0) is 23.1. The second-order valence-electron chi connectivity index (χ2n) is 7.46. The summed E-state index contributed by atoms with van der Waals surface area (Å²) < 4.78 is 66.0. The fourth-order valence-electron chi connectivity index (χ4n) is 3.53. The lowest BCUT2D eigenvalue weighted by molar-refractivity contribution is -0.137. The van der Waals surface area contributed by atoms with Crippen LogP contribution in [0.15, 0.2) is 47.5 Å². The minimum atomic E-state index is -4.61. The third-order valence-corrected chi connectivity index (χ3v) is 7.05. The number of rotatable bonds is 4. The molecule has 3 rings (SSSR count). The van der Waals surface area contributed by atoms with E-state index in [4.69, 9.17) is 5.73 Å². The third kappa shape index (κ3) is 4.30. The van der Waals surface area contributed by atoms with Gasteiger partial charge in [-0.2, -0.15) is 13.2 Å². The number of pyridine rings is 1. The summed E-state index contributed by atoms with van der Waals surface area (Å²) in [4.78, 5) is 4.37. The maximum atomic E-state index is 13.8. The molecule has 0 bridgehead atoms. The lowest BCUT2D eigenvalue weighted by Crippen LogP contribution is -2.11. The smallest absolute Gasteiger partial charge is 0.398 e. The fraction of sp³-hybridized carbons (Fsp3) is 0.261. The minimum absolute atomic E-state index is 0.0101. The van der Waals surface area contributed by atoms with Crippen molar-refractivity contribution >= 4 is 15.5 Å². The van der Waals surface area contributed by atoms with Gasteiger partial charge >= 0.3 is 6.18 Å². The second kappa shape index (κ2) is 8.00. The van der Waals surface area contributed by atoms with Crippen LogP contribution in [0.25, 0.3) is 22.3 Å². The average Bonchev–Trinajstić information content (AvgIpc) is 2.71. The molecule has 0 aliphatic heterocycles. The van der Waals surface area contributed by atoms with Crippen molar-refractivity contribution in [3.63, 3.8) is 0 Å². The van der Waals surface area contributed by atoms with Crippen molar-refractivity contribution in [2.45, 2.75) is 38.8 Å². The first kappa shape index (κ1) is 22.8. The van der Waals surface area contributed by atoms with E-state index in [-0.39, 0.29) is 27.5 Å². The summed E-state index contributed by atoms with van der Waals surface area (Å²) in [6.07, 6.45) is -2.95. The largest absolute Gasteiger partial charge is 0.416 e. The number of halogens is 3. The molecule has 0 aliphatic rings. The summed E-state index contributed by atoms with van der Waals surface area (Å²) >= 11 is 0. The van der Waals surface area contributed by atoms with Crippen LogP contribution in [-0.4, -0.2) is 19.2 Å². The van der Waals surface area contributed by atoms with E-state index < -0.39 is 21.6 Å². The lowest BCUT2D eigenvalue weighted by Gasteiger charge is -2.21. The molecule has 2 N–H and O–H groups in total. The fourth-order valence-corrected chi connectivity index (χ4v) is 4.45. The van der Waals surface area contributed by atoms with Gasteiger partial charge in [-0.25, -0.2) is 8.42 Å². The van der Waals surface area contributed by atoms with E-state index in [0.29, 0.717) is 22.4 Å². The van der Waals surface area contributed by atoms with Gasteiger partial charge in [0.05, 0.1) is 16.2 Å². The molecule has 31 heavy (non-hydrogen) atoms. The van der Waals surface area contributed by atoms with Crippen LogP contribution in [-0.2, 0) is 16.0 Å². The van der Waals surface area contributed by atoms with Gasteiger partial charge < -0.3 is 5.73 Å². The molecule has 0 saturated heterocycles. The number of nitrogens with two attached hydrogens (primary N) is 1. The lowest BCUT2D eigenvalue weighted by atomic mass is 9.87. The first-order valence-corrected chi connectivity index (χ1v) is 11.3. The van der Waals surface area contributed by atoms with Crippen molar-refractivity contribution in [3.05, 3.63) is 65.0 Å². The third-order valence-electron chi connectivity index (χ3n) is 5.32. The van der Waals surface area contributed by atoms with Crippen LogP contribution >= 0.6 is 0 Å². The van der Waals surface area contributed by atoms with E-state index in [9.17, 15) is 21.6 Å². The Kier molecular flexibility index (Phi) is 5.88. The van der Waals surface area contributed by atoms with Gasteiger partial charge in [-0.3, -0.25) is 4.98 Å². The van der Waals surface area contributed by atoms with Crippen molar-refractivity contribution < 1.29 is 21.6 Å². The summed E-state index contributed by atoms with van der Waals surface area (Å²) in [6.45, 7) is 6.43. The maximum Gasteiger partial charge on any atom is 0.416 e. The molecule has 164 valence electrons. The standard InChI is InChI=1S/C23H23F3N2O2S/c1-5-31(29,30)17-8-6-7-16(10-17)19-11-20(23(24,25)26)14(3)22(27)21(19)18-9-13(2)12-28-15(18)4/h6-12H,5,27H2,1-4H3. The molecule has 4 nitrogen and oxygen atoms in total. The maximum absolute atomic E-state index is 13.8. The Morgan fingerprint density at radius 1 is 1.03 bits per heavy atom. The summed E-state index contributed by atoms with van der Waals surface area (Å²) in [5, 5.41) is 0. The number of hydrogen-bond acceptors (Lipinski definition) is 4. The quantitative estimate of drug-likeness (QED) is 0.517. The highest BCUT2D eigenvalue weighted by Gasteiger charge is 2.35. The summed E-state index contributed by atoms with van der Waals surface area (Å²) in [6, 6.07) is 8.79. The number of aromatic nitrogens is 1. The van der Waals surface area contributed by atoms with Gasteiger partial charge in [-0.15, -0.1) is 0 Å². The Labute approximate surface area is 179 Å². The molecule has 0 atom stereocenters. The number of benzene rings is 2. The summed E-state index contributed by atoms with van der Waals surface area (Å²) in [5.74, 6) is -0.117. The van der Waals surface area contributed by atoms with Crippen LogP contribution in [0.3, 0.4) is 0 Å². The van der Waals surface area contributed by atoms with Gasteiger partial charge in [0.2, 0.25) is 0 Å². The molecule has 0 aliphatic carbocycles. The van der Waals surface area contributed by atoms with Gasteiger partial charge in [0, 0.05) is 28.7 Å². The molecule has 2 aromatic carbocycles. The molecular formula is C23H23F3N2O2S. The van der Waals surface area contributed by atoms with Crippen LogP contribution in [0.1, 0.15) is 29.3 Å². The van der Waals surface area contributed by atoms with E-state index in [2.05, 4.69) is 4.98 Å². The van der Waals surface area contributed by atoms with Gasteiger partial charge in [0.25, 0.3) is 0 Å². The highest BCUT2D eigenvalue weighted by molar-refractivity contribution is 7.91. The summed E-state index contributed by atoms with van der Waals surface area (Å²) in [7, 11) is -3.54. The first-order chi connectivity index (χ1) is 14.4. The van der Waals surface area contributed by atoms with Crippen molar-refractivity contribution in [2.75, 3.05) is 11.5 Å². The molecule has 1 aromatic heterocycles. The van der Waals surface area contributed by atoms with E-state index >= 15 is 0 Å². The molecule has 1 heterocycles. The summed E-state index contributed by atoms with van der Waals surface area (Å²) in [5.41, 5.74) is 8.32. The number of hydrogen-bond donors (Lipinski definition) is 1. The first-order valence-electron chi connectivity index (χ1n) is 9.64. The average molecular weight is 449 g/mol. The Bertz CT molecular complexity index is 1270. The van der Waals surface area contributed by atoms with Gasteiger partial charge in [0.1, 0.15) is 0 Å². The monoisotopic (exact) mass is 448 g/mol. The van der Waals surface area contributed by atoms with E-state index in [1.807, 2.05) is 13.0 Å². The highest BCUT2D eigenvalue weighted by atomic mass is 32.2. The number of nitrogens with zero attached hydrogens (tertiary/aromatic N) is 1. The molecule has 0 spiro atoms. The molecule has 0 unspecified atom stereocenters. The Morgan fingerprint density at radius 2 is 1.71 bits per heavy atom. The molecule has 3 aromatic rings. The Balaban J connectivity index is 2.45. The van der Waals surface area contributed by atoms with E-state index in [0.717, 1.165) is 11.6 Å². The zero-order valence-electron chi connectivity index (χ0n) is 17.6. The minimum Gasteiger partial charge on any atom is -0.398 e. The molecule has 0 saturated carbocycles. The molecule has 0 radical (unpaired) electrons. The highest BCUT2D eigenvalue weighted by Crippen LogP contribution is 2.45. The van der Waals surface area contributed by atoms with E-state index in [1.165, 1.54) is 32.0 Å². The van der Waals surface area contributed by atoms with Crippen molar-refractivity contribution in [1.29, 1.82) is 0 Å². The van der Waals surface area contributed by atoms with Crippen LogP contribution in [0.4, 0.5) is 18.9 Å². The number of aryl methyl sites for hydroxylation is 2. The SMILES string of the molecule is CCS(=O)(=O)c1cccc(-c2cc(C(F)(F)F)c(C)c(N)c2-c2cc(C)cnc2C)c1. The van der Waals surface area contributed by atoms with Crippen molar-refractivity contribution in [1.82, 2.24) is 4.98 Å². The van der Waals surface area contributed by atoms with Crippen LogP contribution < -0.4 is 5.73 Å².